The van der Waals surface area contributed by atoms with Gasteiger partial charge in [0.05, 0.1) is 5.92 Å². The Morgan fingerprint density at radius 1 is 1.27 bits per heavy atom. The van der Waals surface area contributed by atoms with Crippen molar-refractivity contribution in [3.63, 3.8) is 0 Å². The molecule has 15 heavy (non-hydrogen) atoms. The minimum Gasteiger partial charge on any atom is -0.344 e. The van der Waals surface area contributed by atoms with Crippen LogP contribution in [0.4, 0.5) is 0 Å². The largest absolute Gasteiger partial charge is 0.344 e. The first kappa shape index (κ1) is 12.5. The zero-order valence-electron chi connectivity index (χ0n) is 10.3. The van der Waals surface area contributed by atoms with E-state index in [1.165, 1.54) is 0 Å². The Balaban J connectivity index is 2.38. The van der Waals surface area contributed by atoms with Gasteiger partial charge in [-0.2, -0.15) is 0 Å². The van der Waals surface area contributed by atoms with Crippen LogP contribution in [-0.2, 0) is 4.79 Å². The van der Waals surface area contributed by atoms with Crippen molar-refractivity contribution in [3.8, 4) is 0 Å². The molecule has 1 N–H and O–H groups in total. The molecule has 1 saturated heterocycles. The third-order valence-corrected chi connectivity index (χ3v) is 3.09. The van der Waals surface area contributed by atoms with Gasteiger partial charge >= 0.3 is 0 Å². The van der Waals surface area contributed by atoms with E-state index >= 15 is 0 Å². The molecule has 0 aliphatic carbocycles. The van der Waals surface area contributed by atoms with Crippen molar-refractivity contribution in [2.24, 2.45) is 11.8 Å². The summed E-state index contributed by atoms with van der Waals surface area (Å²) in [6, 6.07) is 0. The molecule has 88 valence electrons. The highest BCUT2D eigenvalue weighted by atomic mass is 16.2. The topological polar surface area (TPSA) is 35.6 Å². The maximum atomic E-state index is 12.0. The van der Waals surface area contributed by atoms with E-state index in [9.17, 15) is 4.79 Å². The van der Waals surface area contributed by atoms with Crippen molar-refractivity contribution >= 4 is 5.91 Å². The monoisotopic (exact) mass is 213 g/mol. The van der Waals surface area contributed by atoms with Gasteiger partial charge in [0.2, 0.25) is 5.91 Å². The van der Waals surface area contributed by atoms with Crippen LogP contribution in [0.3, 0.4) is 0 Å². The smallest absolute Gasteiger partial charge is 0.227 e. The third-order valence-electron chi connectivity index (χ3n) is 3.09. The summed E-state index contributed by atoms with van der Waals surface area (Å²) in [6.45, 7) is 5.69. The number of carbonyl (C=O) groups excluding carboxylic acids is 1. The van der Waals surface area contributed by atoms with Crippen LogP contribution in [-0.4, -0.2) is 63.0 Å². The number of amides is 1. The Morgan fingerprint density at radius 3 is 2.40 bits per heavy atom. The van der Waals surface area contributed by atoms with Crippen molar-refractivity contribution in [2.75, 3.05) is 47.3 Å². The van der Waals surface area contributed by atoms with Crippen molar-refractivity contribution in [1.82, 2.24) is 15.1 Å². The molecule has 2 atom stereocenters. The number of hydrogen-bond acceptors (Lipinski definition) is 3. The summed E-state index contributed by atoms with van der Waals surface area (Å²) >= 11 is 0. The van der Waals surface area contributed by atoms with Gasteiger partial charge in [0.25, 0.3) is 0 Å². The second-order valence-corrected chi connectivity index (χ2v) is 4.81. The predicted octanol–water partition coefficient (Wildman–Crippen LogP) is -0.138. The Hall–Kier alpha value is -0.610. The molecule has 1 aliphatic heterocycles. The number of rotatable bonds is 4. The molecule has 1 aliphatic rings. The van der Waals surface area contributed by atoms with Crippen LogP contribution < -0.4 is 5.32 Å². The summed E-state index contributed by atoms with van der Waals surface area (Å²) < 4.78 is 0. The molecule has 1 fully saturated rings. The average Bonchev–Trinajstić information content (AvgIpc) is 2.59. The molecule has 0 aromatic carbocycles. The molecular weight excluding hydrogens is 190 g/mol. The van der Waals surface area contributed by atoms with E-state index in [-0.39, 0.29) is 11.8 Å². The summed E-state index contributed by atoms with van der Waals surface area (Å²) in [4.78, 5) is 16.0. The van der Waals surface area contributed by atoms with Gasteiger partial charge in [0.15, 0.2) is 0 Å². The van der Waals surface area contributed by atoms with Crippen LogP contribution in [0.25, 0.3) is 0 Å². The number of nitrogens with zero attached hydrogens (tertiary/aromatic N) is 2. The lowest BCUT2D eigenvalue weighted by atomic mass is 9.97. The van der Waals surface area contributed by atoms with Crippen molar-refractivity contribution in [3.05, 3.63) is 0 Å². The van der Waals surface area contributed by atoms with E-state index in [0.29, 0.717) is 5.92 Å². The zero-order valence-corrected chi connectivity index (χ0v) is 10.3. The second kappa shape index (κ2) is 5.47. The van der Waals surface area contributed by atoms with Crippen LogP contribution in [0, 0.1) is 11.8 Å². The maximum Gasteiger partial charge on any atom is 0.227 e. The fourth-order valence-electron chi connectivity index (χ4n) is 1.88. The van der Waals surface area contributed by atoms with E-state index in [0.717, 1.165) is 26.2 Å². The molecule has 4 heteroatoms. The number of nitrogens with one attached hydrogen (secondary N) is 1. The highest BCUT2D eigenvalue weighted by Crippen LogP contribution is 2.17. The molecule has 0 spiro atoms. The molecule has 0 unspecified atom stereocenters. The van der Waals surface area contributed by atoms with Crippen molar-refractivity contribution < 1.29 is 4.79 Å². The molecule has 0 radical (unpaired) electrons. The quantitative estimate of drug-likeness (QED) is 0.706. The molecular formula is C11H23N3O. The molecule has 0 saturated carbocycles. The van der Waals surface area contributed by atoms with Gasteiger partial charge in [-0.25, -0.2) is 0 Å². The van der Waals surface area contributed by atoms with E-state index in [2.05, 4.69) is 17.1 Å². The standard InChI is InChI=1S/C11H23N3O/c1-9-7-12-8-10(9)11(15)14(4)6-5-13(2)3/h9-10,12H,5-8H2,1-4H3/t9-,10-/m1/s1. The van der Waals surface area contributed by atoms with Gasteiger partial charge in [-0.15, -0.1) is 0 Å². The van der Waals surface area contributed by atoms with Gasteiger partial charge < -0.3 is 15.1 Å². The fourth-order valence-corrected chi connectivity index (χ4v) is 1.88. The number of hydrogen-bond donors (Lipinski definition) is 1. The Bertz CT molecular complexity index is 218. The van der Waals surface area contributed by atoms with Crippen molar-refractivity contribution in [1.29, 1.82) is 0 Å². The first-order valence-electron chi connectivity index (χ1n) is 5.62. The maximum absolute atomic E-state index is 12.0. The SMILES string of the molecule is C[C@@H]1CNC[C@H]1C(=O)N(C)CCN(C)C. The normalized spacial score (nSPS) is 25.9. The summed E-state index contributed by atoms with van der Waals surface area (Å²) in [6.07, 6.45) is 0. The van der Waals surface area contributed by atoms with Crippen LogP contribution in [0.5, 0.6) is 0 Å². The van der Waals surface area contributed by atoms with Crippen LogP contribution in [0.2, 0.25) is 0 Å². The summed E-state index contributed by atoms with van der Waals surface area (Å²) in [7, 11) is 5.95. The second-order valence-electron chi connectivity index (χ2n) is 4.81. The predicted molar refractivity (Wildman–Crippen MR) is 61.7 cm³/mol. The van der Waals surface area contributed by atoms with E-state index in [1.54, 1.807) is 0 Å². The van der Waals surface area contributed by atoms with Gasteiger partial charge in [-0.1, -0.05) is 6.92 Å². The lowest BCUT2D eigenvalue weighted by molar-refractivity contribution is -0.134. The lowest BCUT2D eigenvalue weighted by Gasteiger charge is -2.24. The molecule has 1 heterocycles. The molecule has 4 nitrogen and oxygen atoms in total. The van der Waals surface area contributed by atoms with Crippen LogP contribution in [0.1, 0.15) is 6.92 Å². The van der Waals surface area contributed by atoms with Gasteiger partial charge in [0, 0.05) is 26.7 Å². The van der Waals surface area contributed by atoms with Crippen molar-refractivity contribution in [2.45, 2.75) is 6.92 Å². The van der Waals surface area contributed by atoms with E-state index in [1.807, 2.05) is 26.0 Å². The Morgan fingerprint density at radius 2 is 1.93 bits per heavy atom. The minimum absolute atomic E-state index is 0.178. The molecule has 1 rings (SSSR count). The zero-order chi connectivity index (χ0) is 11.4. The highest BCUT2D eigenvalue weighted by molar-refractivity contribution is 5.79. The molecule has 0 aromatic rings. The summed E-state index contributed by atoms with van der Waals surface area (Å²) in [5.74, 6) is 0.936. The number of likely N-dealkylation sites (N-methyl/N-ethyl adjacent to an activating group) is 2. The fraction of sp³-hybridized carbons (Fsp3) is 0.909. The van der Waals surface area contributed by atoms with Gasteiger partial charge in [0.1, 0.15) is 0 Å². The average molecular weight is 213 g/mol. The lowest BCUT2D eigenvalue weighted by Crippen LogP contribution is -2.39. The molecule has 0 bridgehead atoms. The highest BCUT2D eigenvalue weighted by Gasteiger charge is 2.31. The van der Waals surface area contributed by atoms with Gasteiger partial charge in [-0.3, -0.25) is 4.79 Å². The van der Waals surface area contributed by atoms with Crippen LogP contribution >= 0.6 is 0 Å². The van der Waals surface area contributed by atoms with E-state index in [4.69, 9.17) is 0 Å². The number of carbonyl (C=O) groups is 1. The Kier molecular flexibility index (Phi) is 4.54. The van der Waals surface area contributed by atoms with Gasteiger partial charge in [-0.05, 0) is 26.6 Å². The van der Waals surface area contributed by atoms with Crippen LogP contribution in [0.15, 0.2) is 0 Å². The molecule has 0 aromatic heterocycles. The first-order chi connectivity index (χ1) is 7.02. The molecule has 1 amide bonds. The Labute approximate surface area is 92.6 Å². The first-order valence-corrected chi connectivity index (χ1v) is 5.62. The minimum atomic E-state index is 0.178. The summed E-state index contributed by atoms with van der Waals surface area (Å²) in [5, 5.41) is 3.26. The van der Waals surface area contributed by atoms with E-state index < -0.39 is 0 Å². The third kappa shape index (κ3) is 3.47. The summed E-state index contributed by atoms with van der Waals surface area (Å²) in [5.41, 5.74) is 0.